The number of rotatable bonds is 4. The third-order valence-electron chi connectivity index (χ3n) is 2.65. The predicted octanol–water partition coefficient (Wildman–Crippen LogP) is 2.47. The molecule has 0 aromatic carbocycles. The first-order chi connectivity index (χ1) is 7.74. The molecule has 2 atom stereocenters. The van der Waals surface area contributed by atoms with Crippen LogP contribution in [0, 0.1) is 5.92 Å². The fraction of sp³-hybridized carbons (Fsp3) is 0.700. The van der Waals surface area contributed by atoms with E-state index in [0.29, 0.717) is 16.1 Å². The van der Waals surface area contributed by atoms with E-state index in [-0.39, 0.29) is 12.4 Å². The van der Waals surface area contributed by atoms with E-state index in [1.807, 2.05) is 0 Å². The Hall–Kier alpha value is 0.320. The van der Waals surface area contributed by atoms with Crippen LogP contribution < -0.4 is 5.32 Å². The summed E-state index contributed by atoms with van der Waals surface area (Å²) in [5.41, 5.74) is 0. The van der Waals surface area contributed by atoms with Crippen molar-refractivity contribution in [2.75, 3.05) is 18.8 Å². The van der Waals surface area contributed by atoms with Gasteiger partial charge in [0.05, 0.1) is 5.75 Å². The standard InChI is InChI=1S/C10H15ClN2OS2.ClH/c11-10-13-5-9(15-10)7-16(14)6-8-2-1-3-12-4-8;/h5,8,12H,1-4,6-7H2;1H. The van der Waals surface area contributed by atoms with Gasteiger partial charge in [-0.15, -0.1) is 23.7 Å². The largest absolute Gasteiger partial charge is 0.316 e. The predicted molar refractivity (Wildman–Crippen MR) is 76.7 cm³/mol. The highest BCUT2D eigenvalue weighted by Gasteiger charge is 2.16. The molecule has 2 heterocycles. The second-order valence-electron chi connectivity index (χ2n) is 4.04. The Bertz CT molecular complexity index is 367. The molecule has 1 saturated heterocycles. The van der Waals surface area contributed by atoms with E-state index < -0.39 is 10.8 Å². The molecule has 0 bridgehead atoms. The highest BCUT2D eigenvalue weighted by atomic mass is 35.5. The number of hydrogen-bond acceptors (Lipinski definition) is 4. The molecule has 1 N–H and O–H groups in total. The van der Waals surface area contributed by atoms with Gasteiger partial charge in [0.1, 0.15) is 0 Å². The average Bonchev–Trinajstić information content (AvgIpc) is 2.65. The molecule has 3 nitrogen and oxygen atoms in total. The normalized spacial score (nSPS) is 21.8. The third kappa shape index (κ3) is 5.22. The van der Waals surface area contributed by atoms with Crippen LogP contribution >= 0.6 is 35.3 Å². The summed E-state index contributed by atoms with van der Waals surface area (Å²) in [4.78, 5) is 4.97. The summed E-state index contributed by atoms with van der Waals surface area (Å²) in [5.74, 6) is 1.96. The molecule has 1 aromatic rings. The molecule has 2 unspecified atom stereocenters. The van der Waals surface area contributed by atoms with Gasteiger partial charge in [-0.1, -0.05) is 11.6 Å². The number of aromatic nitrogens is 1. The molecule has 0 saturated carbocycles. The molecule has 1 aromatic heterocycles. The topological polar surface area (TPSA) is 42.0 Å². The second kappa shape index (κ2) is 7.69. The van der Waals surface area contributed by atoms with Gasteiger partial charge in [0.15, 0.2) is 4.47 Å². The highest BCUT2D eigenvalue weighted by Crippen LogP contribution is 2.20. The minimum Gasteiger partial charge on any atom is -0.316 e. The molecule has 1 aliphatic heterocycles. The molecule has 7 heteroatoms. The summed E-state index contributed by atoms with van der Waals surface area (Å²) < 4.78 is 12.4. The van der Waals surface area contributed by atoms with E-state index in [1.165, 1.54) is 24.2 Å². The zero-order chi connectivity index (χ0) is 11.4. The van der Waals surface area contributed by atoms with Gasteiger partial charge in [-0.3, -0.25) is 4.21 Å². The SMILES string of the molecule is Cl.O=S(Cc1cnc(Cl)s1)CC1CCCNC1. The van der Waals surface area contributed by atoms with Crippen LogP contribution in [0.5, 0.6) is 0 Å². The van der Waals surface area contributed by atoms with Crippen LogP contribution in [-0.2, 0) is 16.6 Å². The summed E-state index contributed by atoms with van der Waals surface area (Å²) >= 11 is 7.16. The first-order valence-electron chi connectivity index (χ1n) is 5.40. The summed E-state index contributed by atoms with van der Waals surface area (Å²) in [7, 11) is -0.783. The monoisotopic (exact) mass is 314 g/mol. The summed E-state index contributed by atoms with van der Waals surface area (Å²) in [6.45, 7) is 2.11. The maximum absolute atomic E-state index is 11.9. The maximum atomic E-state index is 11.9. The van der Waals surface area contributed by atoms with Crippen molar-refractivity contribution in [1.82, 2.24) is 10.3 Å². The lowest BCUT2D eigenvalue weighted by atomic mass is 10.0. The molecule has 17 heavy (non-hydrogen) atoms. The van der Waals surface area contributed by atoms with Gasteiger partial charge in [0.25, 0.3) is 0 Å². The minimum atomic E-state index is -0.783. The number of nitrogens with zero attached hydrogens (tertiary/aromatic N) is 1. The Morgan fingerprint density at radius 1 is 1.65 bits per heavy atom. The van der Waals surface area contributed by atoms with Gasteiger partial charge >= 0.3 is 0 Å². The Morgan fingerprint density at radius 3 is 3.06 bits per heavy atom. The number of hydrogen-bond donors (Lipinski definition) is 1. The fourth-order valence-corrected chi connectivity index (χ4v) is 4.62. The van der Waals surface area contributed by atoms with E-state index in [2.05, 4.69) is 10.3 Å². The highest BCUT2D eigenvalue weighted by molar-refractivity contribution is 7.84. The minimum absolute atomic E-state index is 0. The fourth-order valence-electron chi connectivity index (χ4n) is 1.90. The van der Waals surface area contributed by atoms with Gasteiger partial charge in [-0.05, 0) is 31.8 Å². The lowest BCUT2D eigenvalue weighted by Crippen LogP contribution is -2.32. The van der Waals surface area contributed by atoms with Crippen LogP contribution in [0.15, 0.2) is 6.20 Å². The average molecular weight is 315 g/mol. The summed E-state index contributed by atoms with van der Waals surface area (Å²) in [6.07, 6.45) is 4.13. The van der Waals surface area contributed by atoms with Crippen molar-refractivity contribution in [2.24, 2.45) is 5.92 Å². The lowest BCUT2D eigenvalue weighted by molar-refractivity contribution is 0.408. The van der Waals surface area contributed by atoms with E-state index in [4.69, 9.17) is 11.6 Å². The number of nitrogens with one attached hydrogen (secondary N) is 1. The Kier molecular flexibility index (Phi) is 6.95. The van der Waals surface area contributed by atoms with Gasteiger partial charge in [0.2, 0.25) is 0 Å². The summed E-state index contributed by atoms with van der Waals surface area (Å²) in [5, 5.41) is 3.34. The van der Waals surface area contributed by atoms with Crippen molar-refractivity contribution in [2.45, 2.75) is 18.6 Å². The Balaban J connectivity index is 0.00000144. The smallest absolute Gasteiger partial charge is 0.183 e. The molecule has 98 valence electrons. The van der Waals surface area contributed by atoms with Crippen LogP contribution in [0.25, 0.3) is 0 Å². The molecule has 0 spiro atoms. The molecule has 0 radical (unpaired) electrons. The van der Waals surface area contributed by atoms with E-state index >= 15 is 0 Å². The maximum Gasteiger partial charge on any atom is 0.183 e. The van der Waals surface area contributed by atoms with Crippen molar-refractivity contribution >= 4 is 46.1 Å². The third-order valence-corrected chi connectivity index (χ3v) is 5.42. The zero-order valence-electron chi connectivity index (χ0n) is 9.36. The Labute approximate surface area is 119 Å². The van der Waals surface area contributed by atoms with Crippen molar-refractivity contribution in [3.63, 3.8) is 0 Å². The summed E-state index contributed by atoms with van der Waals surface area (Å²) in [6, 6.07) is 0. The number of halogens is 2. The van der Waals surface area contributed by atoms with Crippen LogP contribution in [0.3, 0.4) is 0 Å². The first kappa shape index (κ1) is 15.4. The van der Waals surface area contributed by atoms with Crippen LogP contribution in [-0.4, -0.2) is 28.0 Å². The van der Waals surface area contributed by atoms with Gasteiger partial charge in [-0.25, -0.2) is 4.98 Å². The van der Waals surface area contributed by atoms with E-state index in [9.17, 15) is 4.21 Å². The van der Waals surface area contributed by atoms with Crippen molar-refractivity contribution in [1.29, 1.82) is 0 Å². The lowest BCUT2D eigenvalue weighted by Gasteiger charge is -2.21. The molecule has 0 aliphatic carbocycles. The van der Waals surface area contributed by atoms with Crippen molar-refractivity contribution < 1.29 is 4.21 Å². The zero-order valence-corrected chi connectivity index (χ0v) is 12.6. The van der Waals surface area contributed by atoms with Crippen molar-refractivity contribution in [3.05, 3.63) is 15.5 Å². The number of piperidine rings is 1. The van der Waals surface area contributed by atoms with Gasteiger partial charge in [0, 0.05) is 27.6 Å². The molecular formula is C10H16Cl2N2OS2. The van der Waals surface area contributed by atoms with E-state index in [1.54, 1.807) is 6.20 Å². The molecule has 2 rings (SSSR count). The van der Waals surface area contributed by atoms with Crippen molar-refractivity contribution in [3.8, 4) is 0 Å². The van der Waals surface area contributed by atoms with E-state index in [0.717, 1.165) is 23.7 Å². The molecule has 1 fully saturated rings. The second-order valence-corrected chi connectivity index (χ2v) is 7.24. The molecule has 0 amide bonds. The number of thiazole rings is 1. The van der Waals surface area contributed by atoms with Gasteiger partial charge in [-0.2, -0.15) is 0 Å². The first-order valence-corrected chi connectivity index (χ1v) is 8.08. The van der Waals surface area contributed by atoms with Crippen LogP contribution in [0.1, 0.15) is 17.7 Å². The quantitative estimate of drug-likeness (QED) is 0.928. The molecular weight excluding hydrogens is 299 g/mol. The van der Waals surface area contributed by atoms with Gasteiger partial charge < -0.3 is 5.32 Å². The van der Waals surface area contributed by atoms with Crippen LogP contribution in [0.2, 0.25) is 4.47 Å². The molecule has 1 aliphatic rings. The Morgan fingerprint density at radius 2 is 2.47 bits per heavy atom. The van der Waals surface area contributed by atoms with Crippen LogP contribution in [0.4, 0.5) is 0 Å².